The highest BCUT2D eigenvalue weighted by atomic mass is 32.2. The number of sulfone groups is 1. The molecule has 2 aliphatic heterocycles. The standard InChI is InChI=1S/C15H27NO4S/c1-19-15-10-21(17,18)9-14(15)16-13-4-2-3-11(7-13)12-5-6-20-8-12/h11-16H,2-10H2,1H3. The average molecular weight is 317 g/mol. The molecule has 5 unspecified atom stereocenters. The predicted molar refractivity (Wildman–Crippen MR) is 81.0 cm³/mol. The van der Waals surface area contributed by atoms with E-state index in [-0.39, 0.29) is 23.7 Å². The molecular weight excluding hydrogens is 290 g/mol. The molecule has 1 N–H and O–H groups in total. The molecule has 0 bridgehead atoms. The molecule has 2 heterocycles. The van der Waals surface area contributed by atoms with Gasteiger partial charge in [-0.25, -0.2) is 8.42 Å². The Hall–Kier alpha value is -0.170. The van der Waals surface area contributed by atoms with Gasteiger partial charge in [0.25, 0.3) is 0 Å². The Morgan fingerprint density at radius 1 is 1.14 bits per heavy atom. The van der Waals surface area contributed by atoms with Crippen LogP contribution in [-0.2, 0) is 19.3 Å². The minimum absolute atomic E-state index is 0.0384. The van der Waals surface area contributed by atoms with E-state index >= 15 is 0 Å². The summed E-state index contributed by atoms with van der Waals surface area (Å²) in [4.78, 5) is 0. The van der Waals surface area contributed by atoms with Crippen molar-refractivity contribution in [3.8, 4) is 0 Å². The van der Waals surface area contributed by atoms with E-state index in [0.29, 0.717) is 12.0 Å². The molecule has 0 amide bonds. The van der Waals surface area contributed by atoms with E-state index in [1.54, 1.807) is 7.11 Å². The van der Waals surface area contributed by atoms with Crippen molar-refractivity contribution in [3.05, 3.63) is 0 Å². The van der Waals surface area contributed by atoms with Gasteiger partial charge in [-0.05, 0) is 37.5 Å². The second-order valence-corrected chi connectivity index (χ2v) is 9.03. The summed E-state index contributed by atoms with van der Waals surface area (Å²) in [6, 6.07) is 0.392. The molecule has 0 aromatic carbocycles. The first-order chi connectivity index (χ1) is 10.1. The monoisotopic (exact) mass is 317 g/mol. The predicted octanol–water partition coefficient (Wildman–Crippen LogP) is 0.983. The van der Waals surface area contributed by atoms with Crippen LogP contribution in [0.1, 0.15) is 32.1 Å². The summed E-state index contributed by atoms with van der Waals surface area (Å²) in [5.74, 6) is 1.82. The zero-order chi connectivity index (χ0) is 14.9. The third-order valence-electron chi connectivity index (χ3n) is 5.40. The van der Waals surface area contributed by atoms with Gasteiger partial charge in [-0.2, -0.15) is 0 Å². The van der Waals surface area contributed by atoms with Crippen molar-refractivity contribution in [2.24, 2.45) is 11.8 Å². The summed E-state index contributed by atoms with van der Waals surface area (Å²) in [5.41, 5.74) is 0. The fraction of sp³-hybridized carbons (Fsp3) is 1.00. The summed E-state index contributed by atoms with van der Waals surface area (Å²) in [6.07, 6.45) is 5.83. The first kappa shape index (κ1) is 15.7. The minimum Gasteiger partial charge on any atom is -0.381 e. The van der Waals surface area contributed by atoms with E-state index in [9.17, 15) is 8.42 Å². The Bertz CT molecular complexity index is 447. The highest BCUT2D eigenvalue weighted by Crippen LogP contribution is 2.35. The quantitative estimate of drug-likeness (QED) is 0.837. The average Bonchev–Trinajstić information content (AvgIpc) is 3.07. The Morgan fingerprint density at radius 3 is 2.71 bits per heavy atom. The zero-order valence-electron chi connectivity index (χ0n) is 12.8. The van der Waals surface area contributed by atoms with Gasteiger partial charge in [0.15, 0.2) is 9.84 Å². The maximum absolute atomic E-state index is 11.8. The van der Waals surface area contributed by atoms with Gasteiger partial charge in [0.05, 0.1) is 17.6 Å². The lowest BCUT2D eigenvalue weighted by Gasteiger charge is -2.35. The molecule has 5 atom stereocenters. The van der Waals surface area contributed by atoms with Crippen LogP contribution in [0.4, 0.5) is 0 Å². The van der Waals surface area contributed by atoms with Crippen LogP contribution in [0.15, 0.2) is 0 Å². The maximum atomic E-state index is 11.8. The number of rotatable bonds is 4. The zero-order valence-corrected chi connectivity index (χ0v) is 13.6. The largest absolute Gasteiger partial charge is 0.381 e. The van der Waals surface area contributed by atoms with Crippen LogP contribution in [0.25, 0.3) is 0 Å². The van der Waals surface area contributed by atoms with Gasteiger partial charge in [0.2, 0.25) is 0 Å². The summed E-state index contributed by atoms with van der Waals surface area (Å²) < 4.78 is 34.5. The molecule has 21 heavy (non-hydrogen) atoms. The molecule has 3 fully saturated rings. The smallest absolute Gasteiger partial charge is 0.154 e. The molecule has 1 aliphatic carbocycles. The summed E-state index contributed by atoms with van der Waals surface area (Å²) in [5, 5.41) is 3.58. The van der Waals surface area contributed by atoms with E-state index in [1.807, 2.05) is 0 Å². The summed E-state index contributed by atoms with van der Waals surface area (Å²) in [7, 11) is -1.33. The van der Waals surface area contributed by atoms with Gasteiger partial charge in [0, 0.05) is 32.4 Å². The van der Waals surface area contributed by atoms with Crippen LogP contribution in [0.2, 0.25) is 0 Å². The first-order valence-corrected chi connectivity index (χ1v) is 9.96. The molecule has 3 rings (SSSR count). The third kappa shape index (κ3) is 3.78. The number of ether oxygens (including phenoxy) is 2. The van der Waals surface area contributed by atoms with Crippen molar-refractivity contribution in [2.75, 3.05) is 31.8 Å². The SMILES string of the molecule is COC1CS(=O)(=O)CC1NC1CCCC(C2CCOC2)C1. The maximum Gasteiger partial charge on any atom is 0.154 e. The summed E-state index contributed by atoms with van der Waals surface area (Å²) in [6.45, 7) is 1.82. The van der Waals surface area contributed by atoms with E-state index < -0.39 is 9.84 Å². The van der Waals surface area contributed by atoms with Crippen molar-refractivity contribution < 1.29 is 17.9 Å². The number of nitrogens with one attached hydrogen (secondary N) is 1. The molecule has 0 radical (unpaired) electrons. The van der Waals surface area contributed by atoms with Gasteiger partial charge in [-0.15, -0.1) is 0 Å². The minimum atomic E-state index is -2.94. The Morgan fingerprint density at radius 2 is 2.00 bits per heavy atom. The van der Waals surface area contributed by atoms with Crippen LogP contribution in [-0.4, -0.2) is 58.4 Å². The Kier molecular flexibility index (Phi) is 4.88. The molecule has 6 heteroatoms. The van der Waals surface area contributed by atoms with Crippen molar-refractivity contribution in [1.29, 1.82) is 0 Å². The molecule has 1 saturated carbocycles. The molecule has 0 aromatic rings. The highest BCUT2D eigenvalue weighted by Gasteiger charge is 2.40. The van der Waals surface area contributed by atoms with Crippen LogP contribution < -0.4 is 5.32 Å². The van der Waals surface area contributed by atoms with Gasteiger partial charge < -0.3 is 14.8 Å². The third-order valence-corrected chi connectivity index (χ3v) is 7.10. The van der Waals surface area contributed by atoms with Gasteiger partial charge in [-0.1, -0.05) is 6.42 Å². The van der Waals surface area contributed by atoms with Crippen molar-refractivity contribution in [3.63, 3.8) is 0 Å². The van der Waals surface area contributed by atoms with E-state index in [2.05, 4.69) is 5.32 Å². The molecular formula is C15H27NO4S. The fourth-order valence-electron chi connectivity index (χ4n) is 4.24. The molecule has 5 nitrogen and oxygen atoms in total. The lowest BCUT2D eigenvalue weighted by Crippen LogP contribution is -2.47. The molecule has 122 valence electrons. The highest BCUT2D eigenvalue weighted by molar-refractivity contribution is 7.91. The van der Waals surface area contributed by atoms with Crippen molar-refractivity contribution in [2.45, 2.75) is 50.3 Å². The van der Waals surface area contributed by atoms with Crippen LogP contribution in [0, 0.1) is 11.8 Å². The second-order valence-electron chi connectivity index (χ2n) is 6.87. The first-order valence-electron chi connectivity index (χ1n) is 8.14. The summed E-state index contributed by atoms with van der Waals surface area (Å²) >= 11 is 0. The molecule has 3 aliphatic rings. The number of hydrogen-bond acceptors (Lipinski definition) is 5. The van der Waals surface area contributed by atoms with Gasteiger partial charge in [0.1, 0.15) is 0 Å². The topological polar surface area (TPSA) is 64.6 Å². The van der Waals surface area contributed by atoms with E-state index in [4.69, 9.17) is 9.47 Å². The number of methoxy groups -OCH3 is 1. The van der Waals surface area contributed by atoms with Gasteiger partial charge >= 0.3 is 0 Å². The lowest BCUT2D eigenvalue weighted by atomic mass is 9.77. The van der Waals surface area contributed by atoms with Crippen LogP contribution >= 0.6 is 0 Å². The van der Waals surface area contributed by atoms with Crippen molar-refractivity contribution >= 4 is 9.84 Å². The Labute approximate surface area is 127 Å². The number of hydrogen-bond donors (Lipinski definition) is 1. The lowest BCUT2D eigenvalue weighted by molar-refractivity contribution is 0.0867. The van der Waals surface area contributed by atoms with Gasteiger partial charge in [-0.3, -0.25) is 0 Å². The fourth-order valence-corrected chi connectivity index (χ4v) is 6.10. The normalized spacial score (nSPS) is 43.2. The second kappa shape index (κ2) is 6.52. The van der Waals surface area contributed by atoms with E-state index in [0.717, 1.165) is 32.0 Å². The van der Waals surface area contributed by atoms with E-state index in [1.165, 1.54) is 19.3 Å². The van der Waals surface area contributed by atoms with Crippen LogP contribution in [0.3, 0.4) is 0 Å². The van der Waals surface area contributed by atoms with Crippen LogP contribution in [0.5, 0.6) is 0 Å². The molecule has 2 saturated heterocycles. The van der Waals surface area contributed by atoms with Crippen molar-refractivity contribution in [1.82, 2.24) is 5.32 Å². The molecule has 0 aromatic heterocycles. The molecule has 0 spiro atoms. The Balaban J connectivity index is 1.56.